The summed E-state index contributed by atoms with van der Waals surface area (Å²) < 4.78 is 21.4. The lowest BCUT2D eigenvalue weighted by molar-refractivity contribution is -0.149. The molecule has 1 aliphatic heterocycles. The van der Waals surface area contributed by atoms with E-state index in [2.05, 4.69) is 0 Å². The molecular formula is C26H22O6. The summed E-state index contributed by atoms with van der Waals surface area (Å²) in [5, 5.41) is 0. The lowest BCUT2D eigenvalue weighted by Crippen LogP contribution is -2.02. The van der Waals surface area contributed by atoms with Crippen LogP contribution in [0.5, 0.6) is 11.5 Å². The molecule has 3 aromatic rings. The van der Waals surface area contributed by atoms with E-state index in [9.17, 15) is 9.59 Å². The van der Waals surface area contributed by atoms with Crippen molar-refractivity contribution in [2.24, 2.45) is 0 Å². The molecule has 4 rings (SSSR count). The Balaban J connectivity index is 2.00. The summed E-state index contributed by atoms with van der Waals surface area (Å²) in [6.07, 6.45) is 1.61. The zero-order valence-electron chi connectivity index (χ0n) is 18.2. The Morgan fingerprint density at radius 2 is 1.53 bits per heavy atom. The summed E-state index contributed by atoms with van der Waals surface area (Å²) >= 11 is 0. The van der Waals surface area contributed by atoms with Gasteiger partial charge in [-0.05, 0) is 49.2 Å². The van der Waals surface area contributed by atoms with Gasteiger partial charge < -0.3 is 18.6 Å². The molecule has 1 aliphatic rings. The highest BCUT2D eigenvalue weighted by molar-refractivity contribution is 6.25. The molecule has 0 amide bonds. The molecule has 32 heavy (non-hydrogen) atoms. The molecule has 0 saturated carbocycles. The second-order valence-electron chi connectivity index (χ2n) is 7.32. The zero-order chi connectivity index (χ0) is 22.8. The molecule has 2 aromatic carbocycles. The molecule has 2 heterocycles. The van der Waals surface area contributed by atoms with Gasteiger partial charge in [0, 0.05) is 17.2 Å². The summed E-state index contributed by atoms with van der Waals surface area (Å²) in [4.78, 5) is 25.7. The van der Waals surface area contributed by atoms with Crippen molar-refractivity contribution in [3.63, 3.8) is 0 Å². The molecule has 6 nitrogen and oxygen atoms in total. The smallest absolute Gasteiger partial charge is 0.347 e. The minimum atomic E-state index is -0.710. The normalized spacial score (nSPS) is 16.3. The third-order valence-electron chi connectivity index (χ3n) is 5.19. The SMILES string of the molecule is COc1cc(C=C2C(=O)OC(=O)/C2=C(\c2ccccc2)c2cc(C)oc2C)cc(OC)c1. The standard InChI is InChI=1S/C26H22O6/c1-15-10-21(16(2)31-15)23(18-8-6-5-7-9-18)24-22(25(27)32-26(24)28)13-17-11-19(29-3)14-20(12-17)30-4/h5-14H,1-4H3/b22-13?,24-23+. The van der Waals surface area contributed by atoms with Gasteiger partial charge in [0.05, 0.1) is 25.4 Å². The number of carbonyl (C=O) groups excluding carboxylic acids is 2. The van der Waals surface area contributed by atoms with Gasteiger partial charge in [-0.2, -0.15) is 0 Å². The van der Waals surface area contributed by atoms with E-state index >= 15 is 0 Å². The predicted molar refractivity (Wildman–Crippen MR) is 119 cm³/mol. The molecule has 0 radical (unpaired) electrons. The number of esters is 2. The highest BCUT2D eigenvalue weighted by Gasteiger charge is 2.37. The average molecular weight is 430 g/mol. The minimum Gasteiger partial charge on any atom is -0.497 e. The summed E-state index contributed by atoms with van der Waals surface area (Å²) in [7, 11) is 3.09. The van der Waals surface area contributed by atoms with Gasteiger partial charge in [-0.25, -0.2) is 9.59 Å². The van der Waals surface area contributed by atoms with Crippen LogP contribution in [0.1, 0.15) is 28.2 Å². The fourth-order valence-corrected chi connectivity index (χ4v) is 3.77. The summed E-state index contributed by atoms with van der Waals surface area (Å²) in [5.41, 5.74) is 3.05. The highest BCUT2D eigenvalue weighted by atomic mass is 16.6. The van der Waals surface area contributed by atoms with E-state index in [1.807, 2.05) is 50.2 Å². The molecule has 0 unspecified atom stereocenters. The van der Waals surface area contributed by atoms with Gasteiger partial charge in [-0.3, -0.25) is 0 Å². The Hall–Kier alpha value is -4.06. The minimum absolute atomic E-state index is 0.155. The van der Waals surface area contributed by atoms with Crippen LogP contribution in [0.4, 0.5) is 0 Å². The van der Waals surface area contributed by atoms with Gasteiger partial charge in [0.1, 0.15) is 23.0 Å². The maximum Gasteiger partial charge on any atom is 0.347 e. The lowest BCUT2D eigenvalue weighted by atomic mass is 9.89. The van der Waals surface area contributed by atoms with E-state index < -0.39 is 11.9 Å². The van der Waals surface area contributed by atoms with Crippen molar-refractivity contribution >= 4 is 23.6 Å². The number of ether oxygens (including phenoxy) is 3. The quantitative estimate of drug-likeness (QED) is 0.326. The van der Waals surface area contributed by atoms with Gasteiger partial charge in [0.25, 0.3) is 0 Å². The maximum atomic E-state index is 12.9. The second-order valence-corrected chi connectivity index (χ2v) is 7.32. The molecule has 0 aliphatic carbocycles. The molecule has 0 atom stereocenters. The molecule has 1 saturated heterocycles. The van der Waals surface area contributed by atoms with Crippen LogP contribution in [0.15, 0.2) is 70.2 Å². The van der Waals surface area contributed by atoms with E-state index in [-0.39, 0.29) is 11.1 Å². The number of rotatable bonds is 5. The first-order valence-electron chi connectivity index (χ1n) is 10.00. The lowest BCUT2D eigenvalue weighted by Gasteiger charge is -2.11. The molecule has 1 fully saturated rings. The van der Waals surface area contributed by atoms with Crippen LogP contribution >= 0.6 is 0 Å². The van der Waals surface area contributed by atoms with Crippen LogP contribution in [0.3, 0.4) is 0 Å². The van der Waals surface area contributed by atoms with Gasteiger partial charge in [-0.1, -0.05) is 30.3 Å². The number of carbonyl (C=O) groups is 2. The summed E-state index contributed by atoms with van der Waals surface area (Å²) in [6, 6.07) is 16.5. The number of methoxy groups -OCH3 is 2. The van der Waals surface area contributed by atoms with Crippen molar-refractivity contribution in [3.05, 3.63) is 94.0 Å². The van der Waals surface area contributed by atoms with Crippen molar-refractivity contribution in [1.82, 2.24) is 0 Å². The van der Waals surface area contributed by atoms with Gasteiger partial charge in [-0.15, -0.1) is 0 Å². The highest BCUT2D eigenvalue weighted by Crippen LogP contribution is 2.38. The predicted octanol–water partition coefficient (Wildman–Crippen LogP) is 4.88. The third-order valence-corrected chi connectivity index (χ3v) is 5.19. The first kappa shape index (κ1) is 21.2. The fourth-order valence-electron chi connectivity index (χ4n) is 3.77. The first-order valence-corrected chi connectivity index (χ1v) is 10.00. The van der Waals surface area contributed by atoms with Crippen LogP contribution in [-0.2, 0) is 14.3 Å². The van der Waals surface area contributed by atoms with Crippen LogP contribution in [0.2, 0.25) is 0 Å². The average Bonchev–Trinajstić information content (AvgIpc) is 3.26. The van der Waals surface area contributed by atoms with Crippen molar-refractivity contribution in [3.8, 4) is 11.5 Å². The first-order chi connectivity index (χ1) is 15.4. The number of hydrogen-bond donors (Lipinski definition) is 0. The monoisotopic (exact) mass is 430 g/mol. The van der Waals surface area contributed by atoms with Crippen molar-refractivity contribution in [1.29, 1.82) is 0 Å². The van der Waals surface area contributed by atoms with Crippen molar-refractivity contribution in [2.75, 3.05) is 14.2 Å². The molecule has 0 bridgehead atoms. The summed E-state index contributed by atoms with van der Waals surface area (Å²) in [6.45, 7) is 3.66. The van der Waals surface area contributed by atoms with E-state index in [0.29, 0.717) is 34.2 Å². The Kier molecular flexibility index (Phi) is 5.69. The fraction of sp³-hybridized carbons (Fsp3) is 0.154. The van der Waals surface area contributed by atoms with Gasteiger partial charge in [0.2, 0.25) is 0 Å². The Morgan fingerprint density at radius 1 is 0.875 bits per heavy atom. The molecule has 0 N–H and O–H groups in total. The molecule has 6 heteroatoms. The molecule has 1 aromatic heterocycles. The topological polar surface area (TPSA) is 75.0 Å². The van der Waals surface area contributed by atoms with E-state index in [0.717, 1.165) is 11.1 Å². The summed E-state index contributed by atoms with van der Waals surface area (Å²) in [5.74, 6) is 1.05. The Labute approximate surface area is 185 Å². The van der Waals surface area contributed by atoms with Crippen LogP contribution in [-0.4, -0.2) is 26.2 Å². The number of cyclic esters (lactones) is 2. The van der Waals surface area contributed by atoms with Crippen molar-refractivity contribution in [2.45, 2.75) is 13.8 Å². The number of furan rings is 1. The Bertz CT molecular complexity index is 1240. The van der Waals surface area contributed by atoms with E-state index in [1.54, 1.807) is 38.5 Å². The van der Waals surface area contributed by atoms with Crippen LogP contribution < -0.4 is 9.47 Å². The number of aryl methyl sites for hydroxylation is 2. The number of benzene rings is 2. The molecule has 0 spiro atoms. The second kappa shape index (κ2) is 8.59. The van der Waals surface area contributed by atoms with Crippen LogP contribution in [0, 0.1) is 13.8 Å². The van der Waals surface area contributed by atoms with Crippen LogP contribution in [0.25, 0.3) is 11.6 Å². The van der Waals surface area contributed by atoms with Gasteiger partial charge >= 0.3 is 11.9 Å². The largest absolute Gasteiger partial charge is 0.497 e. The van der Waals surface area contributed by atoms with E-state index in [4.69, 9.17) is 18.6 Å². The van der Waals surface area contributed by atoms with Crippen molar-refractivity contribution < 1.29 is 28.2 Å². The molecule has 162 valence electrons. The molecular weight excluding hydrogens is 408 g/mol. The maximum absolute atomic E-state index is 12.9. The third kappa shape index (κ3) is 3.95. The van der Waals surface area contributed by atoms with E-state index in [1.165, 1.54) is 0 Å². The Morgan fingerprint density at radius 3 is 2.09 bits per heavy atom. The number of hydrogen-bond acceptors (Lipinski definition) is 6. The zero-order valence-corrected chi connectivity index (χ0v) is 18.2. The van der Waals surface area contributed by atoms with Gasteiger partial charge in [0.15, 0.2) is 0 Å².